The fraction of sp³-hybridized carbons (Fsp3) is 0.350. The van der Waals surface area contributed by atoms with Gasteiger partial charge in [0, 0.05) is 0 Å². The molecule has 0 bridgehead atoms. The van der Waals surface area contributed by atoms with E-state index in [1.54, 1.807) is 0 Å². The second kappa shape index (κ2) is 7.92. The number of hydrogen-bond donors (Lipinski definition) is 1. The first-order valence-corrected chi connectivity index (χ1v) is 8.56. The van der Waals surface area contributed by atoms with E-state index in [0.717, 1.165) is 28.4 Å². The predicted molar refractivity (Wildman–Crippen MR) is 95.3 cm³/mol. The van der Waals surface area contributed by atoms with E-state index in [4.69, 9.17) is 14.2 Å². The summed E-state index contributed by atoms with van der Waals surface area (Å²) in [5.74, 6) is 2.28. The van der Waals surface area contributed by atoms with Crippen molar-refractivity contribution in [3.05, 3.63) is 53.6 Å². The van der Waals surface area contributed by atoms with Gasteiger partial charge < -0.3 is 19.5 Å². The number of fused-ring (bicyclic) bond motifs is 1. The Bertz CT molecular complexity index is 727. The number of carbonyl (C=O) groups excluding carboxylic acids is 1. The second-order valence-corrected chi connectivity index (χ2v) is 5.95. The lowest BCUT2D eigenvalue weighted by molar-refractivity contribution is -0.121. The van der Waals surface area contributed by atoms with Crippen LogP contribution in [0.3, 0.4) is 0 Å². The van der Waals surface area contributed by atoms with Crippen LogP contribution in [0.2, 0.25) is 0 Å². The fourth-order valence-electron chi connectivity index (χ4n) is 2.76. The fourth-order valence-corrected chi connectivity index (χ4v) is 2.76. The number of benzene rings is 2. The molecule has 1 N–H and O–H groups in total. The number of ether oxygens (including phenoxy) is 3. The van der Waals surface area contributed by atoms with Crippen LogP contribution < -0.4 is 19.5 Å². The smallest absolute Gasteiger partial charge is 0.224 e. The van der Waals surface area contributed by atoms with Crippen molar-refractivity contribution in [2.45, 2.75) is 26.3 Å². The summed E-state index contributed by atoms with van der Waals surface area (Å²) in [6.45, 7) is 5.66. The SMILES string of the molecule is CCOc1ccc(CC(=O)N[C@H](C)c2ccc3c(c2)OCCO3)cc1. The zero-order valence-corrected chi connectivity index (χ0v) is 14.6. The maximum Gasteiger partial charge on any atom is 0.224 e. The van der Waals surface area contributed by atoms with Gasteiger partial charge in [0.2, 0.25) is 5.91 Å². The molecule has 1 amide bonds. The molecule has 5 nitrogen and oxygen atoms in total. The lowest BCUT2D eigenvalue weighted by Gasteiger charge is -2.21. The highest BCUT2D eigenvalue weighted by Crippen LogP contribution is 2.32. The molecule has 5 heteroatoms. The Morgan fingerprint density at radius 3 is 2.56 bits per heavy atom. The predicted octanol–water partition coefficient (Wildman–Crippen LogP) is 3.28. The van der Waals surface area contributed by atoms with E-state index in [0.29, 0.717) is 26.2 Å². The van der Waals surface area contributed by atoms with Gasteiger partial charge in [-0.15, -0.1) is 0 Å². The number of amides is 1. The molecule has 25 heavy (non-hydrogen) atoms. The standard InChI is InChI=1S/C20H23NO4/c1-3-23-17-7-4-15(5-8-17)12-20(22)21-14(2)16-6-9-18-19(13-16)25-11-10-24-18/h4-9,13-14H,3,10-12H2,1-2H3,(H,21,22)/t14-/m1/s1. The lowest BCUT2D eigenvalue weighted by Crippen LogP contribution is -2.28. The highest BCUT2D eigenvalue weighted by atomic mass is 16.6. The van der Waals surface area contributed by atoms with Gasteiger partial charge in [-0.3, -0.25) is 4.79 Å². The second-order valence-electron chi connectivity index (χ2n) is 5.95. The van der Waals surface area contributed by atoms with Gasteiger partial charge in [-0.25, -0.2) is 0 Å². The van der Waals surface area contributed by atoms with E-state index in [1.807, 2.05) is 56.3 Å². The van der Waals surface area contributed by atoms with Crippen LogP contribution in [0.25, 0.3) is 0 Å². The van der Waals surface area contributed by atoms with Crippen LogP contribution in [0.1, 0.15) is 31.0 Å². The van der Waals surface area contributed by atoms with Crippen LogP contribution in [0.5, 0.6) is 17.2 Å². The van der Waals surface area contributed by atoms with Crippen molar-refractivity contribution in [1.29, 1.82) is 0 Å². The molecule has 1 heterocycles. The summed E-state index contributed by atoms with van der Waals surface area (Å²) in [7, 11) is 0. The molecular weight excluding hydrogens is 318 g/mol. The molecule has 132 valence electrons. The molecule has 0 fully saturated rings. The average molecular weight is 341 g/mol. The van der Waals surface area contributed by atoms with E-state index < -0.39 is 0 Å². The minimum Gasteiger partial charge on any atom is -0.494 e. The summed E-state index contributed by atoms with van der Waals surface area (Å²) in [4.78, 5) is 12.3. The van der Waals surface area contributed by atoms with Gasteiger partial charge in [0.05, 0.1) is 19.1 Å². The highest BCUT2D eigenvalue weighted by Gasteiger charge is 2.16. The molecule has 2 aromatic rings. The van der Waals surface area contributed by atoms with Crippen molar-refractivity contribution in [2.24, 2.45) is 0 Å². The van der Waals surface area contributed by atoms with Crippen LogP contribution in [0.15, 0.2) is 42.5 Å². The highest BCUT2D eigenvalue weighted by molar-refractivity contribution is 5.79. The van der Waals surface area contributed by atoms with E-state index in [1.165, 1.54) is 0 Å². The number of nitrogens with one attached hydrogen (secondary N) is 1. The molecule has 1 aliphatic heterocycles. The Morgan fingerprint density at radius 1 is 1.12 bits per heavy atom. The van der Waals surface area contributed by atoms with Gasteiger partial charge in [0.1, 0.15) is 19.0 Å². The summed E-state index contributed by atoms with van der Waals surface area (Å²) in [6.07, 6.45) is 0.335. The molecule has 0 aromatic heterocycles. The van der Waals surface area contributed by atoms with E-state index >= 15 is 0 Å². The van der Waals surface area contributed by atoms with Gasteiger partial charge in [-0.2, -0.15) is 0 Å². The van der Waals surface area contributed by atoms with Gasteiger partial charge in [-0.1, -0.05) is 18.2 Å². The van der Waals surface area contributed by atoms with Crippen LogP contribution >= 0.6 is 0 Å². The Balaban J connectivity index is 1.58. The van der Waals surface area contributed by atoms with Crippen molar-refractivity contribution in [3.63, 3.8) is 0 Å². The number of hydrogen-bond acceptors (Lipinski definition) is 4. The molecule has 0 saturated carbocycles. The molecule has 0 saturated heterocycles. The van der Waals surface area contributed by atoms with Crippen LogP contribution in [0, 0.1) is 0 Å². The molecule has 0 radical (unpaired) electrons. The van der Waals surface area contributed by atoms with E-state index in [9.17, 15) is 4.79 Å². The molecule has 0 spiro atoms. The number of rotatable bonds is 6. The molecule has 1 atom stereocenters. The topological polar surface area (TPSA) is 56.8 Å². The third-order valence-corrected chi connectivity index (χ3v) is 4.04. The first kappa shape index (κ1) is 17.1. The van der Waals surface area contributed by atoms with Crippen molar-refractivity contribution in [1.82, 2.24) is 5.32 Å². The largest absolute Gasteiger partial charge is 0.494 e. The molecular formula is C20H23NO4. The molecule has 2 aromatic carbocycles. The van der Waals surface area contributed by atoms with Gasteiger partial charge in [-0.05, 0) is 49.2 Å². The van der Waals surface area contributed by atoms with Crippen molar-refractivity contribution in [2.75, 3.05) is 19.8 Å². The number of carbonyl (C=O) groups is 1. The summed E-state index contributed by atoms with van der Waals surface area (Å²) < 4.78 is 16.5. The summed E-state index contributed by atoms with van der Waals surface area (Å²) >= 11 is 0. The lowest BCUT2D eigenvalue weighted by atomic mass is 10.1. The maximum atomic E-state index is 12.3. The van der Waals surface area contributed by atoms with Gasteiger partial charge >= 0.3 is 0 Å². The first-order valence-electron chi connectivity index (χ1n) is 8.56. The minimum absolute atomic E-state index is 0.0217. The quantitative estimate of drug-likeness (QED) is 0.876. The molecule has 0 aliphatic carbocycles. The zero-order chi connectivity index (χ0) is 17.6. The third-order valence-electron chi connectivity index (χ3n) is 4.04. The Morgan fingerprint density at radius 2 is 1.84 bits per heavy atom. The summed E-state index contributed by atoms with van der Waals surface area (Å²) in [5.41, 5.74) is 1.94. The first-order chi connectivity index (χ1) is 12.2. The Hall–Kier alpha value is -2.69. The van der Waals surface area contributed by atoms with Gasteiger partial charge in [0.25, 0.3) is 0 Å². The van der Waals surface area contributed by atoms with Crippen molar-refractivity contribution in [3.8, 4) is 17.2 Å². The van der Waals surface area contributed by atoms with Crippen LogP contribution in [-0.2, 0) is 11.2 Å². The molecule has 1 aliphatic rings. The van der Waals surface area contributed by atoms with Crippen LogP contribution in [-0.4, -0.2) is 25.7 Å². The Kier molecular flexibility index (Phi) is 5.43. The van der Waals surface area contributed by atoms with E-state index in [2.05, 4.69) is 5.32 Å². The van der Waals surface area contributed by atoms with Gasteiger partial charge in [0.15, 0.2) is 11.5 Å². The summed E-state index contributed by atoms with van der Waals surface area (Å²) in [5, 5.41) is 3.02. The average Bonchev–Trinajstić information content (AvgIpc) is 2.63. The van der Waals surface area contributed by atoms with Crippen LogP contribution in [0.4, 0.5) is 0 Å². The Labute approximate surface area is 147 Å². The zero-order valence-electron chi connectivity index (χ0n) is 14.6. The monoisotopic (exact) mass is 341 g/mol. The normalized spacial score (nSPS) is 13.8. The third kappa shape index (κ3) is 4.44. The maximum absolute atomic E-state index is 12.3. The molecule has 3 rings (SSSR count). The minimum atomic E-state index is -0.106. The summed E-state index contributed by atoms with van der Waals surface area (Å²) in [6, 6.07) is 13.3. The van der Waals surface area contributed by atoms with E-state index in [-0.39, 0.29) is 11.9 Å². The van der Waals surface area contributed by atoms with Crippen molar-refractivity contribution >= 4 is 5.91 Å². The van der Waals surface area contributed by atoms with Crippen molar-refractivity contribution < 1.29 is 19.0 Å². The molecule has 0 unspecified atom stereocenters.